The molecule has 0 amide bonds. The first kappa shape index (κ1) is 24.6. The number of rotatable bonds is 6. The Bertz CT molecular complexity index is 1880. The summed E-state index contributed by atoms with van der Waals surface area (Å²) in [6, 6.07) is 7.11. The van der Waals surface area contributed by atoms with Crippen molar-refractivity contribution in [3.8, 4) is 11.1 Å². The van der Waals surface area contributed by atoms with Crippen molar-refractivity contribution in [3.63, 3.8) is 0 Å². The number of aromatic amines is 1. The number of carbonyl (C=O) groups is 1. The molecule has 0 spiro atoms. The molecule has 3 aromatic heterocycles. The molecular weight excluding hydrogens is 521 g/mol. The highest BCUT2D eigenvalue weighted by atomic mass is 32.2. The van der Waals surface area contributed by atoms with Crippen molar-refractivity contribution in [3.05, 3.63) is 107 Å². The predicted molar refractivity (Wildman–Crippen MR) is 130 cm³/mol. The first-order chi connectivity index (χ1) is 18.2. The lowest BCUT2D eigenvalue weighted by molar-refractivity contribution is 0.103. The number of hydrogen-bond donors (Lipinski definition) is 2. The quantitative estimate of drug-likeness (QED) is 0.233. The van der Waals surface area contributed by atoms with Crippen molar-refractivity contribution in [1.29, 1.82) is 0 Å². The molecule has 0 saturated heterocycles. The summed E-state index contributed by atoms with van der Waals surface area (Å²) in [6.07, 6.45) is 5.48. The summed E-state index contributed by atoms with van der Waals surface area (Å²) in [5.74, 6) is -4.63. The van der Waals surface area contributed by atoms with Crippen LogP contribution in [0.1, 0.15) is 15.9 Å². The zero-order chi connectivity index (χ0) is 27.0. The Morgan fingerprint density at radius 2 is 1.71 bits per heavy atom. The molecule has 0 aliphatic carbocycles. The molecule has 5 rings (SSSR count). The molecule has 38 heavy (non-hydrogen) atoms. The van der Waals surface area contributed by atoms with E-state index in [0.29, 0.717) is 11.1 Å². The number of aromatic nitrogens is 4. The average Bonchev–Trinajstić information content (AvgIpc) is 3.34. The van der Waals surface area contributed by atoms with Gasteiger partial charge in [-0.15, -0.1) is 6.57 Å². The Morgan fingerprint density at radius 3 is 2.42 bits per heavy atom. The summed E-state index contributed by atoms with van der Waals surface area (Å²) in [7, 11) is -4.45. The summed E-state index contributed by atoms with van der Waals surface area (Å²) in [4.78, 5) is 30.7. The van der Waals surface area contributed by atoms with Crippen molar-refractivity contribution < 1.29 is 26.4 Å². The van der Waals surface area contributed by atoms with Gasteiger partial charge in [-0.05, 0) is 36.4 Å². The number of ketones is 1. The van der Waals surface area contributed by atoms with E-state index in [1.165, 1.54) is 30.9 Å². The molecule has 0 bridgehead atoms. The van der Waals surface area contributed by atoms with Gasteiger partial charge in [-0.3, -0.25) is 9.52 Å². The SMILES string of the molecule is [C-]#[N+]c1ncc(-c2cnc3[nH]cc(C(=O)c4c(F)ccc(NS(=O)(=O)c5cccc(F)c5)c4F)c3c2)cn1. The van der Waals surface area contributed by atoms with Crippen LogP contribution < -0.4 is 4.72 Å². The normalized spacial score (nSPS) is 11.3. The van der Waals surface area contributed by atoms with E-state index < -0.39 is 49.4 Å². The molecule has 0 fully saturated rings. The number of pyridine rings is 1. The van der Waals surface area contributed by atoms with Gasteiger partial charge in [-0.1, -0.05) is 6.07 Å². The van der Waals surface area contributed by atoms with Crippen LogP contribution in [0, 0.1) is 24.0 Å². The third-order valence-electron chi connectivity index (χ3n) is 5.52. The zero-order valence-corrected chi connectivity index (χ0v) is 19.7. The van der Waals surface area contributed by atoms with Crippen LogP contribution >= 0.6 is 0 Å². The van der Waals surface area contributed by atoms with Gasteiger partial charge in [-0.25, -0.2) is 26.6 Å². The maximum atomic E-state index is 15.4. The third kappa shape index (κ3) is 4.44. The number of anilines is 1. The Labute approximate surface area is 212 Å². The van der Waals surface area contributed by atoms with E-state index >= 15 is 4.39 Å². The number of halogens is 3. The molecule has 5 aromatic rings. The molecule has 0 saturated carbocycles. The molecule has 2 aromatic carbocycles. The van der Waals surface area contributed by atoms with E-state index in [1.54, 1.807) is 0 Å². The van der Waals surface area contributed by atoms with E-state index in [2.05, 4.69) is 24.8 Å². The van der Waals surface area contributed by atoms with Gasteiger partial charge in [-0.2, -0.15) is 9.97 Å². The van der Waals surface area contributed by atoms with Crippen LogP contribution in [0.3, 0.4) is 0 Å². The highest BCUT2D eigenvalue weighted by Crippen LogP contribution is 2.30. The van der Waals surface area contributed by atoms with Gasteiger partial charge in [0.1, 0.15) is 17.3 Å². The lowest BCUT2D eigenvalue weighted by Gasteiger charge is -2.12. The molecule has 0 aliphatic heterocycles. The van der Waals surface area contributed by atoms with E-state index in [9.17, 15) is 22.0 Å². The van der Waals surface area contributed by atoms with Crippen LogP contribution in [0.4, 0.5) is 24.8 Å². The molecule has 9 nitrogen and oxygen atoms in total. The zero-order valence-electron chi connectivity index (χ0n) is 18.9. The molecule has 0 unspecified atom stereocenters. The van der Waals surface area contributed by atoms with Crippen molar-refractivity contribution in [2.45, 2.75) is 4.90 Å². The maximum Gasteiger partial charge on any atom is 0.371 e. The second kappa shape index (κ2) is 9.41. The van der Waals surface area contributed by atoms with Gasteiger partial charge in [0.2, 0.25) is 5.78 Å². The van der Waals surface area contributed by atoms with Gasteiger partial charge in [0.15, 0.2) is 5.82 Å². The minimum absolute atomic E-state index is 0.0563. The number of sulfonamides is 1. The molecule has 0 atom stereocenters. The Kier molecular flexibility index (Phi) is 6.09. The predicted octanol–water partition coefficient (Wildman–Crippen LogP) is 5.02. The van der Waals surface area contributed by atoms with Crippen molar-refractivity contribution in [2.24, 2.45) is 0 Å². The summed E-state index contributed by atoms with van der Waals surface area (Å²) in [6.45, 7) is 6.94. The van der Waals surface area contributed by atoms with E-state index in [1.807, 2.05) is 4.72 Å². The molecular formula is C25H13F3N6O3S. The third-order valence-corrected chi connectivity index (χ3v) is 6.88. The number of H-pyrrole nitrogens is 1. The number of fused-ring (bicyclic) bond motifs is 1. The van der Waals surface area contributed by atoms with Crippen LogP contribution in [0.25, 0.3) is 27.0 Å². The lowest BCUT2D eigenvalue weighted by Crippen LogP contribution is -2.16. The van der Waals surface area contributed by atoms with Crippen LogP contribution in [0.15, 0.2) is 72.1 Å². The maximum absolute atomic E-state index is 15.4. The Hall–Kier alpha value is -5.09. The second-order valence-corrected chi connectivity index (χ2v) is 9.56. The van der Waals surface area contributed by atoms with Gasteiger partial charge < -0.3 is 9.83 Å². The molecule has 3 heterocycles. The summed E-state index contributed by atoms with van der Waals surface area (Å²) < 4.78 is 70.8. The van der Waals surface area contributed by atoms with Crippen molar-refractivity contribution >= 4 is 38.5 Å². The first-order valence-corrected chi connectivity index (χ1v) is 12.1. The smallest absolute Gasteiger partial charge is 0.371 e. The van der Waals surface area contributed by atoms with Gasteiger partial charge >= 0.3 is 5.95 Å². The monoisotopic (exact) mass is 534 g/mol. The first-order valence-electron chi connectivity index (χ1n) is 10.7. The summed E-state index contributed by atoms with van der Waals surface area (Å²) >= 11 is 0. The largest absolute Gasteiger partial charge is 0.394 e. The summed E-state index contributed by atoms with van der Waals surface area (Å²) in [5.41, 5.74) is -0.622. The topological polar surface area (TPSA) is 122 Å². The minimum Gasteiger partial charge on any atom is -0.394 e. The van der Waals surface area contributed by atoms with Gasteiger partial charge in [0.25, 0.3) is 10.0 Å². The molecule has 13 heteroatoms. The second-order valence-electron chi connectivity index (χ2n) is 7.88. The highest BCUT2D eigenvalue weighted by Gasteiger charge is 2.26. The molecule has 0 radical (unpaired) electrons. The number of nitrogens with one attached hydrogen (secondary N) is 2. The fourth-order valence-corrected chi connectivity index (χ4v) is 4.78. The van der Waals surface area contributed by atoms with E-state index in [0.717, 1.165) is 36.4 Å². The highest BCUT2D eigenvalue weighted by molar-refractivity contribution is 7.92. The number of carbonyl (C=O) groups excluding carboxylic acids is 1. The van der Waals surface area contributed by atoms with E-state index in [-0.39, 0.29) is 22.5 Å². The number of nitrogens with zero attached hydrogens (tertiary/aromatic N) is 4. The lowest BCUT2D eigenvalue weighted by atomic mass is 10.0. The minimum atomic E-state index is -4.45. The van der Waals surface area contributed by atoms with Crippen LogP contribution in [0.5, 0.6) is 0 Å². The number of benzene rings is 2. The Morgan fingerprint density at radius 1 is 0.974 bits per heavy atom. The van der Waals surface area contributed by atoms with Gasteiger partial charge in [0, 0.05) is 34.5 Å². The number of hydrogen-bond acceptors (Lipinski definition) is 6. The average molecular weight is 534 g/mol. The van der Waals surface area contributed by atoms with Crippen molar-refractivity contribution in [1.82, 2.24) is 19.9 Å². The van der Waals surface area contributed by atoms with Crippen LogP contribution in [-0.2, 0) is 10.0 Å². The fraction of sp³-hybridized carbons (Fsp3) is 0. The van der Waals surface area contributed by atoms with Crippen LogP contribution in [0.2, 0.25) is 0 Å². The standard InChI is InChI=1S/C25H13F3N6O3S/c1-29-25-32-10-14(11-33-25)13-7-17-18(12-31-24(17)30-9-13)23(35)21-19(27)5-6-20(22(21)28)34-38(36,37)16-4-2-3-15(26)8-16/h2-12,34H,(H,30,31). The van der Waals surface area contributed by atoms with Gasteiger partial charge in [0.05, 0.1) is 28.5 Å². The molecule has 188 valence electrons. The fourth-order valence-electron chi connectivity index (χ4n) is 3.69. The van der Waals surface area contributed by atoms with Crippen molar-refractivity contribution in [2.75, 3.05) is 4.72 Å². The molecule has 0 aliphatic rings. The Balaban J connectivity index is 1.54. The summed E-state index contributed by atoms with van der Waals surface area (Å²) in [5, 5.41) is 0.228. The van der Waals surface area contributed by atoms with Crippen LogP contribution in [-0.4, -0.2) is 34.1 Å². The van der Waals surface area contributed by atoms with E-state index in [4.69, 9.17) is 6.57 Å². The molecule has 2 N–H and O–H groups in total.